The zero-order valence-corrected chi connectivity index (χ0v) is 12.7. The van der Waals surface area contributed by atoms with Crippen molar-refractivity contribution in [3.8, 4) is 6.07 Å². The standard InChI is InChI=1S/C15H12BrClN2/c1-10(13-4-2-3-5-14(13)16)19-12-6-7-15(17)11(8-12)9-18/h2-8,10,19H,1H3. The van der Waals surface area contributed by atoms with Crippen molar-refractivity contribution in [2.45, 2.75) is 13.0 Å². The van der Waals surface area contributed by atoms with Crippen molar-refractivity contribution in [3.05, 3.63) is 63.1 Å². The third kappa shape index (κ3) is 3.28. The molecule has 0 aliphatic heterocycles. The Hall–Kier alpha value is -1.50. The third-order valence-electron chi connectivity index (χ3n) is 2.84. The highest BCUT2D eigenvalue weighted by Crippen LogP contribution is 2.27. The molecule has 0 aliphatic carbocycles. The number of hydrogen-bond donors (Lipinski definition) is 1. The molecule has 2 aromatic carbocycles. The molecule has 1 N–H and O–H groups in total. The molecule has 1 unspecified atom stereocenters. The average molecular weight is 336 g/mol. The SMILES string of the molecule is CC(Nc1ccc(Cl)c(C#N)c1)c1ccccc1Br. The molecule has 2 aromatic rings. The summed E-state index contributed by atoms with van der Waals surface area (Å²) in [6.45, 7) is 2.07. The van der Waals surface area contributed by atoms with Gasteiger partial charge in [0, 0.05) is 16.2 Å². The first kappa shape index (κ1) is 13.9. The van der Waals surface area contributed by atoms with Crippen LogP contribution in [0.15, 0.2) is 46.9 Å². The van der Waals surface area contributed by atoms with E-state index in [1.807, 2.05) is 24.3 Å². The fraction of sp³-hybridized carbons (Fsp3) is 0.133. The Morgan fingerprint density at radius 2 is 2.00 bits per heavy atom. The molecular formula is C15H12BrClN2. The quantitative estimate of drug-likeness (QED) is 0.842. The maximum absolute atomic E-state index is 8.97. The normalized spacial score (nSPS) is 11.7. The van der Waals surface area contributed by atoms with Crippen LogP contribution < -0.4 is 5.32 Å². The van der Waals surface area contributed by atoms with Crippen molar-refractivity contribution < 1.29 is 0 Å². The van der Waals surface area contributed by atoms with Gasteiger partial charge in [-0.15, -0.1) is 0 Å². The molecule has 2 rings (SSSR count). The number of halogens is 2. The third-order valence-corrected chi connectivity index (χ3v) is 3.89. The van der Waals surface area contributed by atoms with Crippen LogP contribution in [0.25, 0.3) is 0 Å². The van der Waals surface area contributed by atoms with Gasteiger partial charge in [-0.05, 0) is 36.8 Å². The first-order valence-electron chi connectivity index (χ1n) is 5.82. The molecule has 0 fully saturated rings. The maximum Gasteiger partial charge on any atom is 0.101 e. The van der Waals surface area contributed by atoms with E-state index < -0.39 is 0 Å². The highest BCUT2D eigenvalue weighted by Gasteiger charge is 2.09. The van der Waals surface area contributed by atoms with Gasteiger partial charge in [-0.3, -0.25) is 0 Å². The summed E-state index contributed by atoms with van der Waals surface area (Å²) < 4.78 is 1.06. The molecule has 0 saturated heterocycles. The minimum Gasteiger partial charge on any atom is -0.378 e. The topological polar surface area (TPSA) is 35.8 Å². The summed E-state index contributed by atoms with van der Waals surface area (Å²) in [5.74, 6) is 0. The van der Waals surface area contributed by atoms with Crippen LogP contribution in [0.5, 0.6) is 0 Å². The summed E-state index contributed by atoms with van der Waals surface area (Å²) in [5.41, 5.74) is 2.52. The van der Waals surface area contributed by atoms with E-state index in [4.69, 9.17) is 16.9 Å². The molecule has 0 spiro atoms. The van der Waals surface area contributed by atoms with E-state index in [1.165, 1.54) is 0 Å². The van der Waals surface area contributed by atoms with Gasteiger partial charge in [0.25, 0.3) is 0 Å². The lowest BCUT2D eigenvalue weighted by Crippen LogP contribution is -2.07. The van der Waals surface area contributed by atoms with Gasteiger partial charge in [-0.2, -0.15) is 5.26 Å². The van der Waals surface area contributed by atoms with Crippen LogP contribution in [0, 0.1) is 11.3 Å². The van der Waals surface area contributed by atoms with Gasteiger partial charge in [0.05, 0.1) is 10.6 Å². The number of nitrogens with zero attached hydrogens (tertiary/aromatic N) is 1. The fourth-order valence-corrected chi connectivity index (χ4v) is 2.64. The number of nitriles is 1. The summed E-state index contributed by atoms with van der Waals surface area (Å²) in [4.78, 5) is 0. The highest BCUT2D eigenvalue weighted by atomic mass is 79.9. The lowest BCUT2D eigenvalue weighted by atomic mass is 10.1. The maximum atomic E-state index is 8.97. The van der Waals surface area contributed by atoms with E-state index in [0.717, 1.165) is 15.7 Å². The van der Waals surface area contributed by atoms with Crippen LogP contribution in [0.3, 0.4) is 0 Å². The molecule has 4 heteroatoms. The fourth-order valence-electron chi connectivity index (χ4n) is 1.85. The minimum atomic E-state index is 0.128. The highest BCUT2D eigenvalue weighted by molar-refractivity contribution is 9.10. The van der Waals surface area contributed by atoms with Gasteiger partial charge in [0.1, 0.15) is 6.07 Å². The molecule has 0 saturated carbocycles. The van der Waals surface area contributed by atoms with Crippen molar-refractivity contribution >= 4 is 33.2 Å². The van der Waals surface area contributed by atoms with Gasteiger partial charge in [0.2, 0.25) is 0 Å². The van der Waals surface area contributed by atoms with E-state index in [9.17, 15) is 0 Å². The largest absolute Gasteiger partial charge is 0.378 e. The molecule has 0 aromatic heterocycles. The Kier molecular flexibility index (Phi) is 4.47. The number of benzene rings is 2. The van der Waals surface area contributed by atoms with E-state index in [2.05, 4.69) is 40.3 Å². The first-order chi connectivity index (χ1) is 9.11. The Labute approximate surface area is 126 Å². The van der Waals surface area contributed by atoms with Gasteiger partial charge < -0.3 is 5.32 Å². The summed E-state index contributed by atoms with van der Waals surface area (Å²) in [6.07, 6.45) is 0. The average Bonchev–Trinajstić information content (AvgIpc) is 2.41. The minimum absolute atomic E-state index is 0.128. The lowest BCUT2D eigenvalue weighted by Gasteiger charge is -2.17. The number of anilines is 1. The summed E-state index contributed by atoms with van der Waals surface area (Å²) in [6, 6.07) is 15.6. The summed E-state index contributed by atoms with van der Waals surface area (Å²) >= 11 is 9.45. The van der Waals surface area contributed by atoms with Crippen LogP contribution in [0.2, 0.25) is 5.02 Å². The Morgan fingerprint density at radius 1 is 1.26 bits per heavy atom. The molecule has 0 bridgehead atoms. The van der Waals surface area contributed by atoms with E-state index in [0.29, 0.717) is 10.6 Å². The van der Waals surface area contributed by atoms with Crippen LogP contribution >= 0.6 is 27.5 Å². The van der Waals surface area contributed by atoms with Crippen molar-refractivity contribution in [2.75, 3.05) is 5.32 Å². The predicted molar refractivity (Wildman–Crippen MR) is 82.3 cm³/mol. The van der Waals surface area contributed by atoms with E-state index in [-0.39, 0.29) is 6.04 Å². The number of nitrogens with one attached hydrogen (secondary N) is 1. The van der Waals surface area contributed by atoms with Crippen molar-refractivity contribution in [1.82, 2.24) is 0 Å². The van der Waals surface area contributed by atoms with E-state index >= 15 is 0 Å². The molecule has 0 aliphatic rings. The second-order valence-corrected chi connectivity index (χ2v) is 5.46. The van der Waals surface area contributed by atoms with Crippen LogP contribution in [-0.4, -0.2) is 0 Å². The summed E-state index contributed by atoms with van der Waals surface area (Å²) in [7, 11) is 0. The number of hydrogen-bond acceptors (Lipinski definition) is 2. The predicted octanol–water partition coefficient (Wildman–Crippen LogP) is 5.15. The monoisotopic (exact) mass is 334 g/mol. The molecule has 19 heavy (non-hydrogen) atoms. The van der Waals surface area contributed by atoms with Crippen molar-refractivity contribution in [3.63, 3.8) is 0 Å². The number of rotatable bonds is 3. The second-order valence-electron chi connectivity index (χ2n) is 4.19. The second kappa shape index (κ2) is 6.10. The zero-order valence-electron chi connectivity index (χ0n) is 10.3. The van der Waals surface area contributed by atoms with Crippen LogP contribution in [-0.2, 0) is 0 Å². The van der Waals surface area contributed by atoms with Crippen LogP contribution in [0.4, 0.5) is 5.69 Å². The van der Waals surface area contributed by atoms with Gasteiger partial charge in [-0.1, -0.05) is 45.7 Å². The van der Waals surface area contributed by atoms with Gasteiger partial charge in [-0.25, -0.2) is 0 Å². The van der Waals surface area contributed by atoms with Crippen LogP contribution in [0.1, 0.15) is 24.1 Å². The Morgan fingerprint density at radius 3 is 2.68 bits per heavy atom. The van der Waals surface area contributed by atoms with Crippen molar-refractivity contribution in [1.29, 1.82) is 5.26 Å². The molecule has 96 valence electrons. The molecular weight excluding hydrogens is 324 g/mol. The Balaban J connectivity index is 2.22. The first-order valence-corrected chi connectivity index (χ1v) is 6.99. The zero-order chi connectivity index (χ0) is 13.8. The van der Waals surface area contributed by atoms with Gasteiger partial charge in [0.15, 0.2) is 0 Å². The molecule has 2 nitrogen and oxygen atoms in total. The molecule has 0 amide bonds. The molecule has 0 heterocycles. The van der Waals surface area contributed by atoms with Gasteiger partial charge >= 0.3 is 0 Å². The Bertz CT molecular complexity index is 634. The smallest absolute Gasteiger partial charge is 0.101 e. The molecule has 0 radical (unpaired) electrons. The lowest BCUT2D eigenvalue weighted by molar-refractivity contribution is 0.879. The van der Waals surface area contributed by atoms with E-state index in [1.54, 1.807) is 12.1 Å². The summed E-state index contributed by atoms with van der Waals surface area (Å²) in [5, 5.41) is 12.8. The van der Waals surface area contributed by atoms with Crippen molar-refractivity contribution in [2.24, 2.45) is 0 Å². The molecule has 1 atom stereocenters.